The Morgan fingerprint density at radius 2 is 1.66 bits per heavy atom. The monoisotopic (exact) mass is 572 g/mol. The fourth-order valence-electron chi connectivity index (χ4n) is 3.92. The molecule has 0 bridgehead atoms. The quantitative estimate of drug-likeness (QED) is 0.210. The number of esters is 1. The summed E-state index contributed by atoms with van der Waals surface area (Å²) in [6.07, 6.45) is 0. The summed E-state index contributed by atoms with van der Waals surface area (Å²) in [7, 11) is -4.04. The molecule has 0 unspecified atom stereocenters. The number of hydrogen-bond acceptors (Lipinski definition) is 8. The number of carbonyl (C=O) groups is 3. The first-order valence-electron chi connectivity index (χ1n) is 12.4. The summed E-state index contributed by atoms with van der Waals surface area (Å²) in [4.78, 5) is 36.5. The second-order valence-electron chi connectivity index (χ2n) is 8.98. The Kier molecular flexibility index (Phi) is 7.97. The van der Waals surface area contributed by atoms with Gasteiger partial charge in [-0.25, -0.2) is 13.2 Å². The molecule has 0 atom stereocenters. The molecule has 10 nitrogen and oxygen atoms in total. The van der Waals surface area contributed by atoms with E-state index in [-0.39, 0.29) is 28.5 Å². The van der Waals surface area contributed by atoms with Crippen molar-refractivity contribution in [2.24, 2.45) is 0 Å². The first-order chi connectivity index (χ1) is 19.8. The van der Waals surface area contributed by atoms with Gasteiger partial charge in [0.05, 0.1) is 16.1 Å². The molecule has 0 saturated heterocycles. The summed E-state index contributed by atoms with van der Waals surface area (Å²) in [6.45, 7) is -0.320. The Balaban J connectivity index is 1.18. The summed E-state index contributed by atoms with van der Waals surface area (Å²) in [5.74, 6) is -0.725. The summed E-state index contributed by atoms with van der Waals surface area (Å²) in [6, 6.07) is 25.8. The molecule has 1 aliphatic rings. The number of carbonyl (C=O) groups excluding carboxylic acids is 3. The van der Waals surface area contributed by atoms with Crippen molar-refractivity contribution in [1.82, 2.24) is 0 Å². The second-order valence-corrected chi connectivity index (χ2v) is 10.7. The number of benzene rings is 4. The van der Waals surface area contributed by atoms with Gasteiger partial charge in [-0.2, -0.15) is 0 Å². The lowest BCUT2D eigenvalue weighted by Gasteiger charge is -2.18. The van der Waals surface area contributed by atoms with Crippen LogP contribution in [0, 0.1) is 0 Å². The van der Waals surface area contributed by atoms with Crippen LogP contribution in [0.1, 0.15) is 26.3 Å². The highest BCUT2D eigenvalue weighted by Gasteiger charge is 2.20. The van der Waals surface area contributed by atoms with E-state index in [1.165, 1.54) is 36.4 Å². The number of sulfonamides is 1. The summed E-state index contributed by atoms with van der Waals surface area (Å²) in [5.41, 5.74) is 1.82. The van der Waals surface area contributed by atoms with Crippen molar-refractivity contribution in [3.05, 3.63) is 114 Å². The van der Waals surface area contributed by atoms with Gasteiger partial charge >= 0.3 is 5.97 Å². The van der Waals surface area contributed by atoms with Crippen LogP contribution < -0.4 is 19.5 Å². The van der Waals surface area contributed by atoms with Crippen LogP contribution in [-0.2, 0) is 26.2 Å². The lowest BCUT2D eigenvalue weighted by Crippen LogP contribution is -2.25. The van der Waals surface area contributed by atoms with Gasteiger partial charge in [0.1, 0.15) is 18.1 Å². The van der Waals surface area contributed by atoms with E-state index in [2.05, 4.69) is 10.0 Å². The summed E-state index contributed by atoms with van der Waals surface area (Å²) >= 11 is 0. The molecule has 0 aliphatic carbocycles. The maximum atomic E-state index is 13.0. The zero-order valence-corrected chi connectivity index (χ0v) is 22.3. The number of ketones is 1. The van der Waals surface area contributed by atoms with E-state index in [1.807, 2.05) is 30.3 Å². The molecular weight excluding hydrogens is 548 g/mol. The van der Waals surface area contributed by atoms with Gasteiger partial charge in [0, 0.05) is 11.3 Å². The van der Waals surface area contributed by atoms with Crippen LogP contribution in [0.2, 0.25) is 0 Å². The number of hydrogen-bond donors (Lipinski definition) is 2. The molecule has 0 radical (unpaired) electrons. The maximum absolute atomic E-state index is 13.0. The molecule has 11 heteroatoms. The smallest absolute Gasteiger partial charge is 0.338 e. The van der Waals surface area contributed by atoms with Crippen molar-refractivity contribution in [2.75, 3.05) is 23.3 Å². The highest BCUT2D eigenvalue weighted by atomic mass is 32.2. The molecule has 0 fully saturated rings. The van der Waals surface area contributed by atoms with Gasteiger partial charge in [0.2, 0.25) is 0 Å². The first kappa shape index (κ1) is 27.4. The highest BCUT2D eigenvalue weighted by Crippen LogP contribution is 2.28. The number of ether oxygens (including phenoxy) is 3. The molecule has 5 rings (SSSR count). The number of anilines is 2. The minimum absolute atomic E-state index is 0.0450. The van der Waals surface area contributed by atoms with Crippen LogP contribution in [0.4, 0.5) is 11.4 Å². The molecule has 41 heavy (non-hydrogen) atoms. The molecule has 0 saturated carbocycles. The molecule has 1 heterocycles. The molecule has 4 aromatic carbocycles. The molecule has 0 aromatic heterocycles. The molecule has 1 amide bonds. The van der Waals surface area contributed by atoms with Crippen molar-refractivity contribution in [2.45, 2.75) is 11.5 Å². The lowest BCUT2D eigenvalue weighted by molar-refractivity contribution is -0.118. The van der Waals surface area contributed by atoms with Crippen molar-refractivity contribution >= 4 is 39.1 Å². The van der Waals surface area contributed by atoms with Gasteiger partial charge in [0.25, 0.3) is 15.9 Å². The topological polar surface area (TPSA) is 137 Å². The SMILES string of the molecule is O=C1COc2ccc(C(=O)COC(=O)c3cccc(S(=O)(=O)Nc4ccc(OCc5ccccc5)cc4)c3)cc2N1. The molecule has 208 valence electrons. The molecular formula is C30H24N2O8S. The number of nitrogens with one attached hydrogen (secondary N) is 2. The third kappa shape index (κ3) is 6.89. The third-order valence-electron chi connectivity index (χ3n) is 6.00. The van der Waals surface area contributed by atoms with E-state index < -0.39 is 28.4 Å². The molecule has 1 aliphatic heterocycles. The lowest BCUT2D eigenvalue weighted by atomic mass is 10.1. The average molecular weight is 573 g/mol. The van der Waals surface area contributed by atoms with Crippen LogP contribution in [0.15, 0.2) is 102 Å². The van der Waals surface area contributed by atoms with E-state index in [4.69, 9.17) is 14.2 Å². The Morgan fingerprint density at radius 3 is 2.44 bits per heavy atom. The average Bonchev–Trinajstić information content (AvgIpc) is 2.99. The minimum atomic E-state index is -4.04. The Bertz CT molecular complexity index is 1700. The maximum Gasteiger partial charge on any atom is 0.338 e. The predicted molar refractivity (Wildman–Crippen MR) is 150 cm³/mol. The van der Waals surface area contributed by atoms with Gasteiger partial charge in [-0.3, -0.25) is 14.3 Å². The fourth-order valence-corrected chi connectivity index (χ4v) is 5.02. The van der Waals surface area contributed by atoms with Crippen molar-refractivity contribution in [3.8, 4) is 11.5 Å². The minimum Gasteiger partial charge on any atom is -0.489 e. The van der Waals surface area contributed by atoms with E-state index >= 15 is 0 Å². The van der Waals surface area contributed by atoms with Gasteiger partial charge in [-0.05, 0) is 66.2 Å². The second kappa shape index (κ2) is 11.9. The van der Waals surface area contributed by atoms with Crippen LogP contribution in [0.25, 0.3) is 0 Å². The van der Waals surface area contributed by atoms with Gasteiger partial charge < -0.3 is 19.5 Å². The molecule has 2 N–H and O–H groups in total. The van der Waals surface area contributed by atoms with E-state index in [0.717, 1.165) is 11.6 Å². The Hall–Kier alpha value is -5.16. The Morgan fingerprint density at radius 1 is 0.878 bits per heavy atom. The van der Waals surface area contributed by atoms with E-state index in [1.54, 1.807) is 24.3 Å². The van der Waals surface area contributed by atoms with Crippen molar-refractivity contribution in [1.29, 1.82) is 0 Å². The van der Waals surface area contributed by atoms with E-state index in [0.29, 0.717) is 29.5 Å². The van der Waals surface area contributed by atoms with Gasteiger partial charge in [0.15, 0.2) is 19.0 Å². The van der Waals surface area contributed by atoms with Gasteiger partial charge in [-0.15, -0.1) is 0 Å². The largest absolute Gasteiger partial charge is 0.489 e. The normalized spacial score (nSPS) is 12.3. The number of rotatable bonds is 10. The molecule has 0 spiro atoms. The standard InChI is InChI=1S/C30H24N2O8S/c33-27(21-9-14-28-26(16-21)31-29(34)19-39-28)18-40-30(35)22-7-4-8-25(15-22)41(36,37)32-23-10-12-24(13-11-23)38-17-20-5-2-1-3-6-20/h1-16,32H,17-19H2,(H,31,34). The van der Waals surface area contributed by atoms with Crippen molar-refractivity contribution < 1.29 is 37.0 Å². The van der Waals surface area contributed by atoms with Crippen molar-refractivity contribution in [3.63, 3.8) is 0 Å². The number of fused-ring (bicyclic) bond motifs is 1. The van der Waals surface area contributed by atoms with Crippen LogP contribution >= 0.6 is 0 Å². The summed E-state index contributed by atoms with van der Waals surface area (Å²) in [5, 5.41) is 2.60. The van der Waals surface area contributed by atoms with Crippen LogP contribution in [0.5, 0.6) is 11.5 Å². The van der Waals surface area contributed by atoms with Crippen LogP contribution in [0.3, 0.4) is 0 Å². The summed E-state index contributed by atoms with van der Waals surface area (Å²) < 4.78 is 44.5. The number of Topliss-reactive ketones (excluding diaryl/α,β-unsaturated/α-hetero) is 1. The van der Waals surface area contributed by atoms with Crippen LogP contribution in [-0.4, -0.2) is 39.3 Å². The third-order valence-corrected chi connectivity index (χ3v) is 7.38. The van der Waals surface area contributed by atoms with Gasteiger partial charge in [-0.1, -0.05) is 36.4 Å². The highest BCUT2D eigenvalue weighted by molar-refractivity contribution is 7.92. The fraction of sp³-hybridized carbons (Fsp3) is 0.100. The first-order valence-corrected chi connectivity index (χ1v) is 13.9. The van der Waals surface area contributed by atoms with E-state index in [9.17, 15) is 22.8 Å². The zero-order chi connectivity index (χ0) is 28.8. The predicted octanol–water partition coefficient (Wildman–Crippen LogP) is 4.44. The number of amides is 1. The zero-order valence-electron chi connectivity index (χ0n) is 21.5. The molecule has 4 aromatic rings. The Labute approximate surface area is 235 Å².